The molecule has 0 aliphatic heterocycles. The summed E-state index contributed by atoms with van der Waals surface area (Å²) in [5.74, 6) is 0.296. The highest BCUT2D eigenvalue weighted by Gasteiger charge is 2.69. The Hall–Kier alpha value is -1.17. The van der Waals surface area contributed by atoms with E-state index >= 15 is 0 Å². The Morgan fingerprint density at radius 3 is 2.44 bits per heavy atom. The van der Waals surface area contributed by atoms with Gasteiger partial charge in [-0.15, -0.1) is 0 Å². The number of hydrogen-bond donors (Lipinski definition) is 3. The van der Waals surface area contributed by atoms with E-state index in [0.717, 1.165) is 44.9 Å². The number of allylic oxidation sites excluding steroid dienone is 1. The number of esters is 1. The quantitative estimate of drug-likeness (QED) is 0.260. The molecule has 4 aliphatic rings. The van der Waals surface area contributed by atoms with Crippen LogP contribution in [0.2, 0.25) is 0 Å². The maximum Gasteiger partial charge on any atom is 0.333 e. The molecule has 0 aromatic rings. The van der Waals surface area contributed by atoms with Gasteiger partial charge in [-0.25, -0.2) is 4.79 Å². The molecule has 9 atom stereocenters. The number of rotatable bonds is 5. The second-order valence-electron chi connectivity index (χ2n) is 14.1. The van der Waals surface area contributed by atoms with Crippen molar-refractivity contribution in [3.05, 3.63) is 23.3 Å². The Kier molecular flexibility index (Phi) is 6.92. The average molecular weight is 503 g/mol. The molecule has 0 radical (unpaired) electrons. The molecule has 0 saturated heterocycles. The lowest BCUT2D eigenvalue weighted by Gasteiger charge is -2.68. The fraction of sp³-hybridized carbons (Fsp3) is 0.839. The molecule has 5 nitrogen and oxygen atoms in total. The molecule has 3 N–H and O–H groups in total. The lowest BCUT2D eigenvalue weighted by Crippen LogP contribution is -2.67. The molecule has 0 bridgehead atoms. The van der Waals surface area contributed by atoms with Crippen molar-refractivity contribution in [2.75, 3.05) is 7.11 Å². The summed E-state index contributed by atoms with van der Waals surface area (Å²) in [6.45, 7) is 15.4. The van der Waals surface area contributed by atoms with Gasteiger partial charge in [0.1, 0.15) is 0 Å². The van der Waals surface area contributed by atoms with Gasteiger partial charge in [0.05, 0.1) is 24.9 Å². The summed E-state index contributed by atoms with van der Waals surface area (Å²) >= 11 is 0. The summed E-state index contributed by atoms with van der Waals surface area (Å²) in [6.07, 6.45) is 9.97. The maximum atomic E-state index is 12.5. The normalized spacial score (nSPS) is 45.6. The van der Waals surface area contributed by atoms with Crippen LogP contribution < -0.4 is 0 Å². The van der Waals surface area contributed by atoms with Gasteiger partial charge >= 0.3 is 5.97 Å². The van der Waals surface area contributed by atoms with Gasteiger partial charge < -0.3 is 20.1 Å². The molecule has 204 valence electrons. The van der Waals surface area contributed by atoms with Crippen molar-refractivity contribution in [2.24, 2.45) is 39.4 Å². The summed E-state index contributed by atoms with van der Waals surface area (Å²) in [5.41, 5.74) is 0.685. The van der Waals surface area contributed by atoms with E-state index in [1.54, 1.807) is 13.0 Å². The highest BCUT2D eigenvalue weighted by molar-refractivity contribution is 5.87. The summed E-state index contributed by atoms with van der Waals surface area (Å²) in [4.78, 5) is 11.8. The number of fused-ring (bicyclic) bond motifs is 5. The summed E-state index contributed by atoms with van der Waals surface area (Å²) in [6, 6.07) is 0. The van der Waals surface area contributed by atoms with Crippen LogP contribution in [0.3, 0.4) is 0 Å². The largest absolute Gasteiger partial charge is 0.466 e. The molecule has 3 saturated carbocycles. The van der Waals surface area contributed by atoms with Crippen molar-refractivity contribution in [3.63, 3.8) is 0 Å². The molecule has 0 heterocycles. The average Bonchev–Trinajstić information content (AvgIpc) is 3.08. The van der Waals surface area contributed by atoms with Crippen LogP contribution in [-0.2, 0) is 9.53 Å². The maximum absolute atomic E-state index is 12.5. The predicted molar refractivity (Wildman–Crippen MR) is 142 cm³/mol. The second kappa shape index (κ2) is 8.95. The third-order valence-corrected chi connectivity index (χ3v) is 12.4. The number of hydrogen-bond acceptors (Lipinski definition) is 5. The minimum Gasteiger partial charge on any atom is -0.466 e. The first-order valence-electron chi connectivity index (χ1n) is 14.1. The van der Waals surface area contributed by atoms with Crippen molar-refractivity contribution in [1.82, 2.24) is 0 Å². The SMILES string of the molecule is COC(=O)/C(C)=C/C(O)CC(C)C1(C)CC=C2C3CCC4C(C)(C)C(O)CCC4(C)C3(O)CCC21C. The van der Waals surface area contributed by atoms with Crippen LogP contribution in [0.15, 0.2) is 23.3 Å². The van der Waals surface area contributed by atoms with E-state index in [2.05, 4.69) is 47.6 Å². The van der Waals surface area contributed by atoms with Crippen LogP contribution in [-0.4, -0.2) is 46.2 Å². The molecule has 9 unspecified atom stereocenters. The van der Waals surface area contributed by atoms with E-state index in [4.69, 9.17) is 4.74 Å². The predicted octanol–water partition coefficient (Wildman–Crippen LogP) is 5.57. The van der Waals surface area contributed by atoms with Gasteiger partial charge in [0.2, 0.25) is 0 Å². The fourth-order valence-corrected chi connectivity index (χ4v) is 9.54. The molecule has 4 rings (SSSR count). The van der Waals surface area contributed by atoms with E-state index in [1.165, 1.54) is 12.7 Å². The van der Waals surface area contributed by atoms with Crippen LogP contribution in [0.25, 0.3) is 0 Å². The monoisotopic (exact) mass is 502 g/mol. The van der Waals surface area contributed by atoms with Gasteiger partial charge in [-0.1, -0.05) is 53.2 Å². The molecule has 0 aromatic heterocycles. The minimum atomic E-state index is -0.743. The first-order valence-corrected chi connectivity index (χ1v) is 14.1. The van der Waals surface area contributed by atoms with Crippen LogP contribution in [0.4, 0.5) is 0 Å². The van der Waals surface area contributed by atoms with Gasteiger partial charge in [-0.05, 0) is 92.4 Å². The van der Waals surface area contributed by atoms with Crippen LogP contribution in [0, 0.1) is 39.4 Å². The minimum absolute atomic E-state index is 0.0303. The Morgan fingerprint density at radius 2 is 1.81 bits per heavy atom. The van der Waals surface area contributed by atoms with Crippen molar-refractivity contribution in [2.45, 2.75) is 118 Å². The third-order valence-electron chi connectivity index (χ3n) is 12.4. The molecular formula is C31H50O5. The molecule has 0 amide bonds. The van der Waals surface area contributed by atoms with E-state index in [0.29, 0.717) is 17.9 Å². The second-order valence-corrected chi connectivity index (χ2v) is 14.1. The number of carbonyl (C=O) groups is 1. The molecule has 5 heteroatoms. The zero-order valence-electron chi connectivity index (χ0n) is 23.9. The number of methoxy groups -OCH3 is 1. The Morgan fingerprint density at radius 1 is 1.14 bits per heavy atom. The summed E-state index contributed by atoms with van der Waals surface area (Å²) < 4.78 is 4.78. The number of aliphatic hydroxyl groups excluding tert-OH is 2. The summed E-state index contributed by atoms with van der Waals surface area (Å²) in [5, 5.41) is 34.1. The molecule has 4 aliphatic carbocycles. The lowest BCUT2D eigenvalue weighted by molar-refractivity contribution is -0.243. The topological polar surface area (TPSA) is 87.0 Å². The smallest absolute Gasteiger partial charge is 0.333 e. The number of aliphatic hydroxyl groups is 3. The van der Waals surface area contributed by atoms with Gasteiger partial charge in [-0.2, -0.15) is 0 Å². The van der Waals surface area contributed by atoms with Gasteiger partial charge in [0, 0.05) is 16.9 Å². The zero-order chi connectivity index (χ0) is 26.9. The Balaban J connectivity index is 1.59. The molecule has 36 heavy (non-hydrogen) atoms. The van der Waals surface area contributed by atoms with Crippen LogP contribution in [0.5, 0.6) is 0 Å². The van der Waals surface area contributed by atoms with Crippen molar-refractivity contribution >= 4 is 5.97 Å². The highest BCUT2D eigenvalue weighted by Crippen LogP contribution is 2.72. The van der Waals surface area contributed by atoms with Crippen LogP contribution in [0.1, 0.15) is 99.8 Å². The number of carbonyl (C=O) groups excluding carboxylic acids is 1. The highest BCUT2D eigenvalue weighted by atomic mass is 16.5. The first-order chi connectivity index (χ1) is 16.6. The zero-order valence-corrected chi connectivity index (χ0v) is 23.9. The Labute approximate surface area is 218 Å². The van der Waals surface area contributed by atoms with Gasteiger partial charge in [-0.3, -0.25) is 0 Å². The molecule has 3 fully saturated rings. The van der Waals surface area contributed by atoms with E-state index in [9.17, 15) is 20.1 Å². The van der Waals surface area contributed by atoms with Crippen molar-refractivity contribution < 1.29 is 24.9 Å². The van der Waals surface area contributed by atoms with Gasteiger partial charge in [0.25, 0.3) is 0 Å². The van der Waals surface area contributed by atoms with Crippen molar-refractivity contribution in [3.8, 4) is 0 Å². The number of ether oxygens (including phenoxy) is 1. The fourth-order valence-electron chi connectivity index (χ4n) is 9.54. The third kappa shape index (κ3) is 3.70. The molecule has 0 spiro atoms. The Bertz CT molecular complexity index is 951. The van der Waals surface area contributed by atoms with Crippen LogP contribution >= 0.6 is 0 Å². The standard InChI is InChI=1S/C31H50O5/c1-19(26(34)36-8)17-21(32)18-20(2)28(5)13-11-22-23-9-10-24-27(3,4)25(33)12-14-30(24,7)31(23,35)16-15-29(22,28)6/h11,17,20-21,23-25,32-33,35H,9-10,12-16,18H2,1-8H3/b19-17+. The van der Waals surface area contributed by atoms with E-state index in [1.807, 2.05) is 0 Å². The van der Waals surface area contributed by atoms with Gasteiger partial charge in [0.15, 0.2) is 0 Å². The molecular weight excluding hydrogens is 452 g/mol. The van der Waals surface area contributed by atoms with Crippen molar-refractivity contribution in [1.29, 1.82) is 0 Å². The van der Waals surface area contributed by atoms with E-state index in [-0.39, 0.29) is 39.6 Å². The molecule has 0 aromatic carbocycles. The van der Waals surface area contributed by atoms with E-state index < -0.39 is 17.7 Å². The first kappa shape index (κ1) is 27.9. The summed E-state index contributed by atoms with van der Waals surface area (Å²) in [7, 11) is 1.36. The lowest BCUT2D eigenvalue weighted by atomic mass is 9.39.